The van der Waals surface area contributed by atoms with E-state index in [1.807, 2.05) is 13.8 Å². The average molecular weight is 655 g/mol. The average Bonchev–Trinajstić information content (AvgIpc) is 3.03. The molecule has 0 spiro atoms. The zero-order valence-corrected chi connectivity index (χ0v) is 27.3. The maximum atomic E-state index is 13.7. The number of nitrogens with zero attached hydrogens (tertiary/aromatic N) is 1. The van der Waals surface area contributed by atoms with Gasteiger partial charge in [-0.15, -0.1) is 0 Å². The number of esters is 1. The Labute approximate surface area is 266 Å². The van der Waals surface area contributed by atoms with Crippen LogP contribution >= 0.6 is 0 Å². The fourth-order valence-electron chi connectivity index (χ4n) is 5.89. The Morgan fingerprint density at radius 3 is 2.24 bits per heavy atom. The third-order valence-electron chi connectivity index (χ3n) is 8.35. The van der Waals surface area contributed by atoms with Gasteiger partial charge in [-0.1, -0.05) is 76.3 Å². The van der Waals surface area contributed by atoms with E-state index in [1.54, 1.807) is 30.3 Å². The van der Waals surface area contributed by atoms with Gasteiger partial charge in [-0.2, -0.15) is 17.4 Å². The maximum absolute atomic E-state index is 13.7. The van der Waals surface area contributed by atoms with Crippen LogP contribution in [0.15, 0.2) is 30.3 Å². The topological polar surface area (TPSA) is 184 Å². The number of nitrogens with one attached hydrogen (secondary N) is 3. The molecule has 13 nitrogen and oxygen atoms in total. The molecule has 0 aromatic heterocycles. The number of hydrogen-bond donors (Lipinski definition) is 5. The minimum atomic E-state index is -4.13. The molecule has 5 unspecified atom stereocenters. The van der Waals surface area contributed by atoms with Gasteiger partial charge in [0.1, 0.15) is 12.1 Å². The predicted octanol–water partition coefficient (Wildman–Crippen LogP) is 0.645. The van der Waals surface area contributed by atoms with E-state index in [0.717, 1.165) is 39.2 Å². The summed E-state index contributed by atoms with van der Waals surface area (Å²) in [7, 11) is -3.06. The quantitative estimate of drug-likeness (QED) is 0.126. The molecule has 5 atom stereocenters. The number of rotatable bonds is 16. The van der Waals surface area contributed by atoms with E-state index in [1.165, 1.54) is 4.31 Å². The number of aliphatic hydroxyl groups excluding tert-OH is 2. The second kappa shape index (κ2) is 17.9. The molecule has 1 aliphatic carbocycles. The third kappa shape index (κ3) is 11.6. The normalized spacial score (nSPS) is 20.0. The maximum Gasteiger partial charge on any atom is 0.338 e. The van der Waals surface area contributed by atoms with Crippen molar-refractivity contribution >= 4 is 28.0 Å². The van der Waals surface area contributed by atoms with Crippen LogP contribution in [-0.2, 0) is 40.5 Å². The minimum absolute atomic E-state index is 0.0594. The van der Waals surface area contributed by atoms with Gasteiger partial charge in [0, 0.05) is 13.1 Å². The number of methoxy groups -OCH3 is 1. The smallest absolute Gasteiger partial charge is 0.338 e. The van der Waals surface area contributed by atoms with E-state index < -0.39 is 58.3 Å². The molecule has 2 aliphatic rings. The van der Waals surface area contributed by atoms with Gasteiger partial charge >= 0.3 is 5.97 Å². The van der Waals surface area contributed by atoms with Gasteiger partial charge in [-0.05, 0) is 36.7 Å². The summed E-state index contributed by atoms with van der Waals surface area (Å²) in [6, 6.07) is 4.63. The molecule has 0 bridgehead atoms. The standard InChI is InChI=1S/C31H50N4O9S/c1-21(2)18-26(36)28(37)24(19-22-10-6-4-7-11-22)32-30(39)27(31(40)43-3)33-29(38)25(20-23-12-8-5-9-13-23)34-45(41,42)35-14-16-44-17-15-35/h5,8-9,12-13,21-22,24-28,34,36-37H,4,6-7,10-11,14-20H2,1-3H3,(H,32,39)(H,33,38). The SMILES string of the molecule is COC(=O)C(NC(=O)C(Cc1ccccc1)NS(=O)(=O)N1CCOCC1)C(=O)NC(CC1CCCCC1)C(O)C(O)CC(C)C. The number of benzene rings is 1. The number of morpholine rings is 1. The first-order valence-corrected chi connectivity index (χ1v) is 17.3. The van der Waals surface area contributed by atoms with Gasteiger partial charge in [0.25, 0.3) is 16.1 Å². The van der Waals surface area contributed by atoms with E-state index in [0.29, 0.717) is 18.4 Å². The number of hydrogen-bond acceptors (Lipinski definition) is 9. The number of carbonyl (C=O) groups excluding carboxylic acids is 3. The Bertz CT molecular complexity index is 1190. The molecule has 3 rings (SSSR count). The zero-order chi connectivity index (χ0) is 33.0. The Kier molecular flexibility index (Phi) is 14.7. The fraction of sp³-hybridized carbons (Fsp3) is 0.710. The lowest BCUT2D eigenvalue weighted by molar-refractivity contribution is -0.150. The van der Waals surface area contributed by atoms with E-state index >= 15 is 0 Å². The fourth-order valence-corrected chi connectivity index (χ4v) is 7.22. The third-order valence-corrected chi connectivity index (χ3v) is 9.97. The van der Waals surface area contributed by atoms with Crippen LogP contribution in [0.25, 0.3) is 0 Å². The summed E-state index contributed by atoms with van der Waals surface area (Å²) in [5.41, 5.74) is 0.649. The molecule has 1 saturated carbocycles. The summed E-state index contributed by atoms with van der Waals surface area (Å²) < 4.78 is 40.1. The second-order valence-electron chi connectivity index (χ2n) is 12.4. The highest BCUT2D eigenvalue weighted by atomic mass is 32.2. The van der Waals surface area contributed by atoms with Crippen LogP contribution in [0.5, 0.6) is 0 Å². The molecule has 5 N–H and O–H groups in total. The van der Waals surface area contributed by atoms with Crippen LogP contribution in [0, 0.1) is 11.8 Å². The predicted molar refractivity (Wildman–Crippen MR) is 167 cm³/mol. The molecule has 1 aromatic rings. The van der Waals surface area contributed by atoms with Crippen LogP contribution in [0.4, 0.5) is 0 Å². The van der Waals surface area contributed by atoms with Crippen LogP contribution in [0.1, 0.15) is 64.4 Å². The molecular weight excluding hydrogens is 604 g/mol. The largest absolute Gasteiger partial charge is 0.467 e. The summed E-state index contributed by atoms with van der Waals surface area (Å²) in [6.07, 6.45) is 3.22. The van der Waals surface area contributed by atoms with Crippen LogP contribution < -0.4 is 15.4 Å². The van der Waals surface area contributed by atoms with E-state index in [9.17, 15) is 33.0 Å². The van der Waals surface area contributed by atoms with Crippen molar-refractivity contribution in [1.29, 1.82) is 0 Å². The lowest BCUT2D eigenvalue weighted by Gasteiger charge is -2.33. The number of ether oxygens (including phenoxy) is 2. The lowest BCUT2D eigenvalue weighted by atomic mass is 9.82. The zero-order valence-electron chi connectivity index (χ0n) is 26.5. The highest BCUT2D eigenvalue weighted by Crippen LogP contribution is 2.29. The molecule has 45 heavy (non-hydrogen) atoms. The highest BCUT2D eigenvalue weighted by molar-refractivity contribution is 7.87. The number of aliphatic hydroxyl groups is 2. The van der Waals surface area contributed by atoms with Crippen molar-refractivity contribution in [2.75, 3.05) is 33.4 Å². The summed E-state index contributed by atoms with van der Waals surface area (Å²) in [5.74, 6) is -2.61. The van der Waals surface area contributed by atoms with Gasteiger partial charge in [0.2, 0.25) is 11.9 Å². The lowest BCUT2D eigenvalue weighted by Crippen LogP contribution is -2.61. The van der Waals surface area contributed by atoms with Crippen molar-refractivity contribution in [2.45, 2.75) is 95.5 Å². The van der Waals surface area contributed by atoms with Gasteiger partial charge < -0.3 is 30.3 Å². The minimum Gasteiger partial charge on any atom is -0.467 e. The van der Waals surface area contributed by atoms with Crippen molar-refractivity contribution < 1.29 is 42.5 Å². The van der Waals surface area contributed by atoms with Crippen LogP contribution in [0.2, 0.25) is 0 Å². The molecule has 1 aromatic carbocycles. The first-order chi connectivity index (χ1) is 21.4. The Morgan fingerprint density at radius 2 is 1.64 bits per heavy atom. The summed E-state index contributed by atoms with van der Waals surface area (Å²) in [4.78, 5) is 40.1. The molecule has 1 saturated heterocycles. The van der Waals surface area contributed by atoms with Crippen molar-refractivity contribution in [3.63, 3.8) is 0 Å². The Balaban J connectivity index is 1.82. The summed E-state index contributed by atoms with van der Waals surface area (Å²) in [6.45, 7) is 4.45. The van der Waals surface area contributed by atoms with E-state index in [-0.39, 0.29) is 44.6 Å². The highest BCUT2D eigenvalue weighted by Gasteiger charge is 2.38. The first kappa shape index (κ1) is 36.8. The van der Waals surface area contributed by atoms with Gasteiger partial charge in [-0.3, -0.25) is 9.59 Å². The molecule has 1 heterocycles. The van der Waals surface area contributed by atoms with Crippen molar-refractivity contribution in [2.24, 2.45) is 11.8 Å². The van der Waals surface area contributed by atoms with Crippen molar-refractivity contribution in [3.05, 3.63) is 35.9 Å². The Hall–Kier alpha value is -2.62. The monoisotopic (exact) mass is 654 g/mol. The summed E-state index contributed by atoms with van der Waals surface area (Å²) in [5, 5.41) is 26.9. The molecule has 0 radical (unpaired) electrons. The number of amides is 2. The molecular formula is C31H50N4O9S. The van der Waals surface area contributed by atoms with E-state index in [2.05, 4.69) is 15.4 Å². The van der Waals surface area contributed by atoms with Crippen molar-refractivity contribution in [1.82, 2.24) is 19.7 Å². The molecule has 2 amide bonds. The molecule has 1 aliphatic heterocycles. The van der Waals surface area contributed by atoms with Crippen molar-refractivity contribution in [3.8, 4) is 0 Å². The van der Waals surface area contributed by atoms with Crippen LogP contribution in [0.3, 0.4) is 0 Å². The molecule has 254 valence electrons. The second-order valence-corrected chi connectivity index (χ2v) is 14.1. The van der Waals surface area contributed by atoms with Gasteiger partial charge in [-0.25, -0.2) is 4.79 Å². The first-order valence-electron chi connectivity index (χ1n) is 15.8. The molecule has 14 heteroatoms. The van der Waals surface area contributed by atoms with Crippen LogP contribution in [-0.4, -0.2) is 104 Å². The molecule has 2 fully saturated rings. The Morgan fingerprint density at radius 1 is 1.00 bits per heavy atom. The van der Waals surface area contributed by atoms with Gasteiger partial charge in [0.05, 0.1) is 32.5 Å². The van der Waals surface area contributed by atoms with E-state index in [4.69, 9.17) is 9.47 Å². The summed E-state index contributed by atoms with van der Waals surface area (Å²) >= 11 is 0. The van der Waals surface area contributed by atoms with Gasteiger partial charge in [0.15, 0.2) is 0 Å². The number of carbonyl (C=O) groups is 3.